The molecule has 1 unspecified atom stereocenters. The Bertz CT molecular complexity index is 1060. The molecule has 1 aromatic heterocycles. The molecule has 168 valence electrons. The second-order valence-corrected chi connectivity index (χ2v) is 7.71. The number of carbonyl (C=O) groups is 2. The van der Waals surface area contributed by atoms with Gasteiger partial charge in [-0.15, -0.1) is 0 Å². The molecule has 7 heteroatoms. The zero-order valence-electron chi connectivity index (χ0n) is 18.7. The molecule has 3 aromatic rings. The first kappa shape index (κ1) is 23.1. The molecule has 0 fully saturated rings. The van der Waals surface area contributed by atoms with Crippen LogP contribution in [-0.4, -0.2) is 33.3 Å². The Kier molecular flexibility index (Phi) is 7.65. The Morgan fingerprint density at radius 3 is 2.38 bits per heavy atom. The van der Waals surface area contributed by atoms with E-state index in [1.165, 1.54) is 0 Å². The monoisotopic (exact) mass is 435 g/mol. The van der Waals surface area contributed by atoms with Gasteiger partial charge in [0.15, 0.2) is 0 Å². The topological polar surface area (TPSA) is 93.5 Å². The van der Waals surface area contributed by atoms with Gasteiger partial charge >= 0.3 is 5.97 Å². The molecule has 0 saturated carbocycles. The van der Waals surface area contributed by atoms with Gasteiger partial charge in [-0.2, -0.15) is 5.10 Å². The lowest BCUT2D eigenvalue weighted by molar-refractivity contribution is -0.136. The van der Waals surface area contributed by atoms with Crippen LogP contribution in [0.1, 0.15) is 53.9 Å². The summed E-state index contributed by atoms with van der Waals surface area (Å²) in [7, 11) is 1.93. The van der Waals surface area contributed by atoms with Crippen LogP contribution in [0.25, 0.3) is 11.1 Å². The second-order valence-electron chi connectivity index (χ2n) is 7.71. The maximum Gasteiger partial charge on any atom is 0.305 e. The van der Waals surface area contributed by atoms with Crippen molar-refractivity contribution < 1.29 is 19.4 Å². The number of nitrogens with one attached hydrogen (secondary N) is 1. The number of carbonyl (C=O) groups excluding carboxylic acids is 1. The fourth-order valence-corrected chi connectivity index (χ4v) is 3.45. The summed E-state index contributed by atoms with van der Waals surface area (Å²) in [6.45, 7) is 4.25. The Hall–Kier alpha value is -3.61. The molecule has 0 spiro atoms. The highest BCUT2D eigenvalue weighted by Crippen LogP contribution is 2.29. The van der Waals surface area contributed by atoms with E-state index in [2.05, 4.69) is 17.3 Å². The Balaban J connectivity index is 1.68. The molecule has 2 aromatic carbocycles. The molecule has 3 rings (SSSR count). The third-order valence-corrected chi connectivity index (χ3v) is 5.40. The summed E-state index contributed by atoms with van der Waals surface area (Å²) < 4.78 is 8.13. The lowest BCUT2D eigenvalue weighted by atomic mass is 10.0. The molecule has 0 saturated heterocycles. The lowest BCUT2D eigenvalue weighted by Crippen LogP contribution is -2.26. The molecule has 1 atom stereocenters. The van der Waals surface area contributed by atoms with Crippen LogP contribution in [0.4, 0.5) is 0 Å². The van der Waals surface area contributed by atoms with Crippen molar-refractivity contribution in [3.05, 3.63) is 71.5 Å². The summed E-state index contributed by atoms with van der Waals surface area (Å²) in [4.78, 5) is 22.7. The van der Waals surface area contributed by atoms with E-state index in [9.17, 15) is 9.59 Å². The van der Waals surface area contributed by atoms with Crippen LogP contribution < -0.4 is 10.1 Å². The average Bonchev–Trinajstić information content (AvgIpc) is 3.12. The minimum Gasteiger partial charge on any atom is -0.486 e. The number of carboxylic acids is 1. The van der Waals surface area contributed by atoms with Crippen LogP contribution in [-0.2, 0) is 11.8 Å². The van der Waals surface area contributed by atoms with E-state index in [-0.39, 0.29) is 25.0 Å². The minimum absolute atomic E-state index is 0.102. The quantitative estimate of drug-likeness (QED) is 0.488. The lowest BCUT2D eigenvalue weighted by Gasteiger charge is -2.20. The van der Waals surface area contributed by atoms with Gasteiger partial charge in [0, 0.05) is 30.4 Å². The van der Waals surface area contributed by atoms with E-state index < -0.39 is 5.97 Å². The van der Waals surface area contributed by atoms with Crippen molar-refractivity contribution in [2.24, 2.45) is 7.05 Å². The number of hydrogen-bond donors (Lipinski definition) is 2. The molecule has 2 N–H and O–H groups in total. The van der Waals surface area contributed by atoms with Gasteiger partial charge in [0.05, 0.1) is 12.6 Å². The Morgan fingerprint density at radius 2 is 1.81 bits per heavy atom. The van der Waals surface area contributed by atoms with Gasteiger partial charge < -0.3 is 15.2 Å². The van der Waals surface area contributed by atoms with Gasteiger partial charge in [-0.25, -0.2) is 0 Å². The van der Waals surface area contributed by atoms with E-state index in [1.54, 1.807) is 12.1 Å². The summed E-state index contributed by atoms with van der Waals surface area (Å²) in [6, 6.07) is 15.3. The standard InChI is InChI=1S/C25H29N3O4/c1-4-5-23(19-6-8-20(9-7-19)25(31)26-15-14-24(29)30)32-21-12-10-18(11-13-21)22-16-27-28(3)17(22)2/h6-13,16,23H,4-5,14-15H2,1-3H3,(H,26,31)(H,29,30). The van der Waals surface area contributed by atoms with Gasteiger partial charge in [-0.3, -0.25) is 14.3 Å². The van der Waals surface area contributed by atoms with E-state index in [4.69, 9.17) is 9.84 Å². The average molecular weight is 436 g/mol. The molecule has 1 amide bonds. The largest absolute Gasteiger partial charge is 0.486 e. The summed E-state index contributed by atoms with van der Waals surface area (Å²) in [5.74, 6) is -0.444. The van der Waals surface area contributed by atoms with Crippen LogP contribution >= 0.6 is 0 Å². The predicted octanol–water partition coefficient (Wildman–Crippen LogP) is 4.52. The van der Waals surface area contributed by atoms with E-state index >= 15 is 0 Å². The number of hydrogen-bond acceptors (Lipinski definition) is 4. The fraction of sp³-hybridized carbons (Fsp3) is 0.320. The van der Waals surface area contributed by atoms with Crippen molar-refractivity contribution in [3.8, 4) is 16.9 Å². The molecule has 0 bridgehead atoms. The second kappa shape index (κ2) is 10.6. The first-order valence-corrected chi connectivity index (χ1v) is 10.7. The predicted molar refractivity (Wildman–Crippen MR) is 123 cm³/mol. The highest BCUT2D eigenvalue weighted by atomic mass is 16.5. The minimum atomic E-state index is -0.941. The first-order valence-electron chi connectivity index (χ1n) is 10.7. The number of carboxylic acid groups (broad SMARTS) is 1. The van der Waals surface area contributed by atoms with Crippen LogP contribution in [0, 0.1) is 6.92 Å². The first-order chi connectivity index (χ1) is 15.4. The third kappa shape index (κ3) is 5.75. The zero-order valence-corrected chi connectivity index (χ0v) is 18.7. The Morgan fingerprint density at radius 1 is 1.12 bits per heavy atom. The normalized spacial score (nSPS) is 11.7. The van der Waals surface area contributed by atoms with Crippen molar-refractivity contribution in [1.29, 1.82) is 0 Å². The molecule has 0 aliphatic heterocycles. The number of nitrogens with zero attached hydrogens (tertiary/aromatic N) is 2. The number of rotatable bonds is 10. The highest BCUT2D eigenvalue weighted by Gasteiger charge is 2.15. The molecule has 7 nitrogen and oxygen atoms in total. The Labute approximate surface area is 188 Å². The van der Waals surface area contributed by atoms with Crippen molar-refractivity contribution in [1.82, 2.24) is 15.1 Å². The van der Waals surface area contributed by atoms with Crippen LogP contribution in [0.3, 0.4) is 0 Å². The summed E-state index contributed by atoms with van der Waals surface area (Å²) in [6.07, 6.45) is 3.43. The summed E-state index contributed by atoms with van der Waals surface area (Å²) in [5.41, 5.74) is 4.77. The molecule has 32 heavy (non-hydrogen) atoms. The third-order valence-electron chi connectivity index (χ3n) is 5.40. The number of ether oxygens (including phenoxy) is 1. The number of aromatic nitrogens is 2. The van der Waals surface area contributed by atoms with Crippen molar-refractivity contribution in [2.75, 3.05) is 6.54 Å². The van der Waals surface area contributed by atoms with Gasteiger partial charge in [-0.05, 0) is 48.7 Å². The van der Waals surface area contributed by atoms with Crippen molar-refractivity contribution in [3.63, 3.8) is 0 Å². The number of aryl methyl sites for hydroxylation is 1. The molecule has 0 aliphatic rings. The maximum absolute atomic E-state index is 12.2. The maximum atomic E-state index is 12.2. The molecular weight excluding hydrogens is 406 g/mol. The van der Waals surface area contributed by atoms with Crippen LogP contribution in [0.5, 0.6) is 5.75 Å². The highest BCUT2D eigenvalue weighted by molar-refractivity contribution is 5.94. The van der Waals surface area contributed by atoms with E-state index in [0.717, 1.165) is 41.0 Å². The number of amides is 1. The summed E-state index contributed by atoms with van der Waals surface area (Å²) in [5, 5.41) is 15.6. The summed E-state index contributed by atoms with van der Waals surface area (Å²) >= 11 is 0. The fourth-order valence-electron chi connectivity index (χ4n) is 3.45. The SMILES string of the molecule is CCCC(Oc1ccc(-c2cnn(C)c2C)cc1)c1ccc(C(=O)NCCC(=O)O)cc1. The molecule has 0 aliphatic carbocycles. The van der Waals surface area contributed by atoms with Crippen LogP contribution in [0.15, 0.2) is 54.7 Å². The van der Waals surface area contributed by atoms with Gasteiger partial charge in [-0.1, -0.05) is 37.6 Å². The molecule has 0 radical (unpaired) electrons. The zero-order chi connectivity index (χ0) is 23.1. The van der Waals surface area contributed by atoms with Crippen molar-refractivity contribution in [2.45, 2.75) is 39.2 Å². The molecular formula is C25H29N3O4. The van der Waals surface area contributed by atoms with Gasteiger partial charge in [0.2, 0.25) is 0 Å². The molecule has 1 heterocycles. The number of aliphatic carboxylic acids is 1. The van der Waals surface area contributed by atoms with E-state index in [1.807, 2.05) is 61.2 Å². The van der Waals surface area contributed by atoms with Crippen molar-refractivity contribution >= 4 is 11.9 Å². The van der Waals surface area contributed by atoms with Crippen LogP contribution in [0.2, 0.25) is 0 Å². The van der Waals surface area contributed by atoms with Gasteiger partial charge in [0.25, 0.3) is 5.91 Å². The smallest absolute Gasteiger partial charge is 0.305 e. The van der Waals surface area contributed by atoms with E-state index in [0.29, 0.717) is 5.56 Å². The van der Waals surface area contributed by atoms with Gasteiger partial charge in [0.1, 0.15) is 11.9 Å². The number of benzene rings is 2.